The molecule has 0 saturated heterocycles. The van der Waals surface area contributed by atoms with Gasteiger partial charge in [0.25, 0.3) is 0 Å². The lowest BCUT2D eigenvalue weighted by Crippen LogP contribution is -2.13. The molecule has 1 aromatic heterocycles. The highest BCUT2D eigenvalue weighted by atomic mass is 19.4. The second-order valence-corrected chi connectivity index (χ2v) is 4.41. The van der Waals surface area contributed by atoms with Crippen molar-refractivity contribution in [2.45, 2.75) is 12.6 Å². The van der Waals surface area contributed by atoms with Gasteiger partial charge in [0.15, 0.2) is 6.29 Å². The number of benzene rings is 1. The number of aldehydes is 1. The summed E-state index contributed by atoms with van der Waals surface area (Å²) in [4.78, 5) is 14.3. The number of hydrogen-bond acceptors (Lipinski definition) is 3. The molecule has 0 aliphatic rings. The van der Waals surface area contributed by atoms with E-state index in [2.05, 4.69) is 10.3 Å². The van der Waals surface area contributed by atoms with Crippen molar-refractivity contribution in [1.29, 1.82) is 0 Å². The minimum atomic E-state index is -4.53. The van der Waals surface area contributed by atoms with Crippen LogP contribution in [0.5, 0.6) is 0 Å². The summed E-state index contributed by atoms with van der Waals surface area (Å²) in [5, 5.41) is 2.78. The first-order chi connectivity index (χ1) is 10.0. The molecule has 0 amide bonds. The molecule has 0 saturated carbocycles. The second kappa shape index (κ2) is 6.39. The number of halogens is 3. The van der Waals surface area contributed by atoms with Crippen molar-refractivity contribution in [3.8, 4) is 0 Å². The van der Waals surface area contributed by atoms with E-state index in [1.54, 1.807) is 0 Å². The number of alkyl halides is 3. The van der Waals surface area contributed by atoms with Crippen molar-refractivity contribution in [3.63, 3.8) is 0 Å². The van der Waals surface area contributed by atoms with E-state index in [1.165, 1.54) is 0 Å². The van der Waals surface area contributed by atoms with Gasteiger partial charge in [-0.1, -0.05) is 30.3 Å². The average Bonchev–Trinajstić information content (AvgIpc) is 2.47. The van der Waals surface area contributed by atoms with Gasteiger partial charge in [0.1, 0.15) is 11.5 Å². The van der Waals surface area contributed by atoms with Crippen molar-refractivity contribution in [2.75, 3.05) is 11.9 Å². The maximum atomic E-state index is 12.6. The zero-order valence-corrected chi connectivity index (χ0v) is 11.0. The molecule has 0 fully saturated rings. The van der Waals surface area contributed by atoms with Gasteiger partial charge >= 0.3 is 6.18 Å². The molecule has 0 radical (unpaired) electrons. The highest BCUT2D eigenvalue weighted by Gasteiger charge is 2.33. The summed E-state index contributed by atoms with van der Waals surface area (Å²) < 4.78 is 37.8. The van der Waals surface area contributed by atoms with Crippen LogP contribution in [-0.4, -0.2) is 17.8 Å². The quantitative estimate of drug-likeness (QED) is 0.857. The third-order valence-electron chi connectivity index (χ3n) is 2.89. The SMILES string of the molecule is O=Cc1ccc(C(F)(F)F)nc1NCCc1ccccc1. The molecular weight excluding hydrogens is 281 g/mol. The van der Waals surface area contributed by atoms with Crippen LogP contribution in [0.3, 0.4) is 0 Å². The number of carbonyl (C=O) groups is 1. The Hall–Kier alpha value is -2.37. The van der Waals surface area contributed by atoms with E-state index in [0.29, 0.717) is 19.3 Å². The molecule has 2 rings (SSSR count). The molecule has 2 aromatic rings. The van der Waals surface area contributed by atoms with Gasteiger partial charge in [-0.25, -0.2) is 4.98 Å². The summed E-state index contributed by atoms with van der Waals surface area (Å²) in [5.74, 6) is -0.0456. The standard InChI is InChI=1S/C15H13F3N2O/c16-15(17,18)13-7-6-12(10-21)14(20-13)19-9-8-11-4-2-1-3-5-11/h1-7,10H,8-9H2,(H,19,20). The summed E-state index contributed by atoms with van der Waals surface area (Å²) in [6.07, 6.45) is -3.42. The van der Waals surface area contributed by atoms with E-state index in [4.69, 9.17) is 0 Å². The molecule has 0 aliphatic heterocycles. The van der Waals surface area contributed by atoms with E-state index in [1.807, 2.05) is 30.3 Å². The Morgan fingerprint density at radius 3 is 2.43 bits per heavy atom. The number of pyridine rings is 1. The Morgan fingerprint density at radius 1 is 1.10 bits per heavy atom. The van der Waals surface area contributed by atoms with E-state index < -0.39 is 11.9 Å². The molecule has 0 aliphatic carbocycles. The Bertz CT molecular complexity index is 612. The van der Waals surface area contributed by atoms with Gasteiger partial charge in [0.2, 0.25) is 0 Å². The summed E-state index contributed by atoms with van der Waals surface area (Å²) in [5.41, 5.74) is 0.135. The van der Waals surface area contributed by atoms with Crippen LogP contribution in [-0.2, 0) is 12.6 Å². The van der Waals surface area contributed by atoms with E-state index in [-0.39, 0.29) is 11.4 Å². The third kappa shape index (κ3) is 4.05. The molecule has 21 heavy (non-hydrogen) atoms. The van der Waals surface area contributed by atoms with Gasteiger partial charge in [-0.2, -0.15) is 13.2 Å². The maximum Gasteiger partial charge on any atom is 0.433 e. The molecule has 1 aromatic carbocycles. The topological polar surface area (TPSA) is 42.0 Å². The molecule has 3 nitrogen and oxygen atoms in total. The smallest absolute Gasteiger partial charge is 0.369 e. The molecule has 110 valence electrons. The monoisotopic (exact) mass is 294 g/mol. The molecule has 6 heteroatoms. The van der Waals surface area contributed by atoms with Gasteiger partial charge in [0.05, 0.1) is 5.56 Å². The Kier molecular flexibility index (Phi) is 4.57. The van der Waals surface area contributed by atoms with Crippen LogP contribution in [0.2, 0.25) is 0 Å². The lowest BCUT2D eigenvalue weighted by atomic mass is 10.1. The fraction of sp³-hybridized carbons (Fsp3) is 0.200. The molecule has 0 atom stereocenters. The van der Waals surface area contributed by atoms with E-state index >= 15 is 0 Å². The van der Waals surface area contributed by atoms with Gasteiger partial charge in [0, 0.05) is 6.54 Å². The number of nitrogens with one attached hydrogen (secondary N) is 1. The molecule has 1 N–H and O–H groups in total. The number of aromatic nitrogens is 1. The van der Waals surface area contributed by atoms with E-state index in [9.17, 15) is 18.0 Å². The maximum absolute atomic E-state index is 12.6. The number of anilines is 1. The number of nitrogens with zero attached hydrogens (tertiary/aromatic N) is 1. The first kappa shape index (κ1) is 15.0. The lowest BCUT2D eigenvalue weighted by Gasteiger charge is -2.11. The minimum Gasteiger partial charge on any atom is -0.369 e. The van der Waals surface area contributed by atoms with Crippen LogP contribution < -0.4 is 5.32 Å². The molecule has 0 spiro atoms. The highest BCUT2D eigenvalue weighted by molar-refractivity contribution is 5.82. The average molecular weight is 294 g/mol. The summed E-state index contributed by atoms with van der Waals surface area (Å²) in [7, 11) is 0. The van der Waals surface area contributed by atoms with Crippen molar-refractivity contribution in [2.24, 2.45) is 0 Å². The third-order valence-corrected chi connectivity index (χ3v) is 2.89. The summed E-state index contributed by atoms with van der Waals surface area (Å²) in [6.45, 7) is 0.388. The van der Waals surface area contributed by atoms with Crippen molar-refractivity contribution in [3.05, 3.63) is 59.3 Å². The number of carbonyl (C=O) groups excluding carboxylic acids is 1. The van der Waals surface area contributed by atoms with Crippen LogP contribution in [0.15, 0.2) is 42.5 Å². The Morgan fingerprint density at radius 2 is 1.81 bits per heavy atom. The molecular formula is C15H13F3N2O. The second-order valence-electron chi connectivity index (χ2n) is 4.41. The molecule has 0 unspecified atom stereocenters. The summed E-state index contributed by atoms with van der Waals surface area (Å²) in [6, 6.07) is 11.4. The fourth-order valence-corrected chi connectivity index (χ4v) is 1.83. The zero-order valence-electron chi connectivity index (χ0n) is 11.0. The normalized spacial score (nSPS) is 11.2. The van der Waals surface area contributed by atoms with Crippen LogP contribution in [0.1, 0.15) is 21.6 Å². The van der Waals surface area contributed by atoms with Gasteiger partial charge in [-0.05, 0) is 24.1 Å². The van der Waals surface area contributed by atoms with Crippen LogP contribution in [0.4, 0.5) is 19.0 Å². The Balaban J connectivity index is 2.09. The first-order valence-electron chi connectivity index (χ1n) is 6.32. The highest BCUT2D eigenvalue weighted by Crippen LogP contribution is 2.29. The van der Waals surface area contributed by atoms with Crippen molar-refractivity contribution in [1.82, 2.24) is 4.98 Å². The molecule has 0 bridgehead atoms. The van der Waals surface area contributed by atoms with Crippen molar-refractivity contribution >= 4 is 12.1 Å². The first-order valence-corrected chi connectivity index (χ1v) is 6.32. The predicted molar refractivity (Wildman–Crippen MR) is 73.3 cm³/mol. The lowest BCUT2D eigenvalue weighted by molar-refractivity contribution is -0.141. The minimum absolute atomic E-state index is 0.0456. The van der Waals surface area contributed by atoms with Gasteiger partial charge in [-0.15, -0.1) is 0 Å². The largest absolute Gasteiger partial charge is 0.433 e. The van der Waals surface area contributed by atoms with Crippen LogP contribution >= 0.6 is 0 Å². The van der Waals surface area contributed by atoms with Crippen LogP contribution in [0.25, 0.3) is 0 Å². The Labute approximate surface area is 119 Å². The van der Waals surface area contributed by atoms with E-state index in [0.717, 1.165) is 17.7 Å². The van der Waals surface area contributed by atoms with Crippen molar-refractivity contribution < 1.29 is 18.0 Å². The fourth-order valence-electron chi connectivity index (χ4n) is 1.83. The van der Waals surface area contributed by atoms with Gasteiger partial charge < -0.3 is 5.32 Å². The van der Waals surface area contributed by atoms with Gasteiger partial charge in [-0.3, -0.25) is 4.79 Å². The molecule has 1 heterocycles. The summed E-state index contributed by atoms with van der Waals surface area (Å²) >= 11 is 0. The predicted octanol–water partition coefficient (Wildman–Crippen LogP) is 3.57. The number of hydrogen-bond donors (Lipinski definition) is 1. The number of rotatable bonds is 5. The van der Waals surface area contributed by atoms with Crippen LogP contribution in [0, 0.1) is 0 Å². The zero-order chi connectivity index (χ0) is 15.3.